The summed E-state index contributed by atoms with van der Waals surface area (Å²) < 4.78 is 22.0. The van der Waals surface area contributed by atoms with E-state index in [1.807, 2.05) is 0 Å². The van der Waals surface area contributed by atoms with E-state index in [4.69, 9.17) is 5.73 Å². The molecule has 0 amide bonds. The molecule has 0 saturated carbocycles. The maximum absolute atomic E-state index is 11.0. The molecular formula is C7H8NO2S. The maximum atomic E-state index is 11.0. The standard InChI is InChI=1S/C7H8NO2S/c8-6-11(9,10)7-4-2-1-3-5-7/h1-5,8H,6H2. The first-order valence-corrected chi connectivity index (χ1v) is 4.74. The average molecular weight is 170 g/mol. The van der Waals surface area contributed by atoms with Crippen molar-refractivity contribution in [1.29, 1.82) is 0 Å². The molecule has 59 valence electrons. The lowest BCUT2D eigenvalue weighted by atomic mass is 10.4. The van der Waals surface area contributed by atoms with Crippen LogP contribution in [0.2, 0.25) is 0 Å². The van der Waals surface area contributed by atoms with Crippen LogP contribution in [0.15, 0.2) is 35.2 Å². The van der Waals surface area contributed by atoms with Crippen molar-refractivity contribution in [2.75, 3.05) is 5.88 Å². The number of hydrogen-bond donors (Lipinski definition) is 0. The zero-order valence-corrected chi connectivity index (χ0v) is 6.64. The van der Waals surface area contributed by atoms with Crippen LogP contribution in [0.5, 0.6) is 0 Å². The molecule has 0 fully saturated rings. The van der Waals surface area contributed by atoms with E-state index in [2.05, 4.69) is 0 Å². The average Bonchev–Trinajstić information content (AvgIpc) is 2.06. The summed E-state index contributed by atoms with van der Waals surface area (Å²) in [6.07, 6.45) is 0. The summed E-state index contributed by atoms with van der Waals surface area (Å²) in [5, 5.41) is 0. The van der Waals surface area contributed by atoms with Crippen molar-refractivity contribution in [2.24, 2.45) is 0 Å². The monoisotopic (exact) mass is 170 g/mol. The minimum absolute atomic E-state index is 0.218. The Morgan fingerprint density at radius 1 is 1.18 bits per heavy atom. The molecule has 0 atom stereocenters. The number of sulfone groups is 1. The Hall–Kier alpha value is -0.870. The van der Waals surface area contributed by atoms with Crippen molar-refractivity contribution < 1.29 is 8.42 Å². The van der Waals surface area contributed by atoms with Crippen LogP contribution >= 0.6 is 0 Å². The fourth-order valence-electron chi connectivity index (χ4n) is 0.711. The third-order valence-electron chi connectivity index (χ3n) is 1.29. The normalized spacial score (nSPS) is 11.4. The molecule has 0 saturated heterocycles. The van der Waals surface area contributed by atoms with Crippen molar-refractivity contribution in [3.05, 3.63) is 30.3 Å². The van der Waals surface area contributed by atoms with Gasteiger partial charge in [0.2, 0.25) is 0 Å². The SMILES string of the molecule is [NH]CS(=O)(=O)c1ccccc1. The van der Waals surface area contributed by atoms with Gasteiger partial charge in [-0.15, -0.1) is 0 Å². The van der Waals surface area contributed by atoms with Gasteiger partial charge in [0.1, 0.15) is 5.88 Å². The lowest BCUT2D eigenvalue weighted by Crippen LogP contribution is -2.06. The van der Waals surface area contributed by atoms with E-state index < -0.39 is 15.7 Å². The molecule has 1 rings (SSSR count). The summed E-state index contributed by atoms with van der Waals surface area (Å²) >= 11 is 0. The van der Waals surface area contributed by atoms with Crippen LogP contribution < -0.4 is 5.73 Å². The van der Waals surface area contributed by atoms with E-state index >= 15 is 0 Å². The molecule has 0 spiro atoms. The summed E-state index contributed by atoms with van der Waals surface area (Å²) in [6, 6.07) is 8.00. The predicted molar refractivity (Wildman–Crippen MR) is 41.6 cm³/mol. The van der Waals surface area contributed by atoms with Crippen molar-refractivity contribution in [3.8, 4) is 0 Å². The molecule has 3 nitrogen and oxygen atoms in total. The van der Waals surface area contributed by atoms with Crippen molar-refractivity contribution in [3.63, 3.8) is 0 Å². The smallest absolute Gasteiger partial charge is 0.192 e. The van der Waals surface area contributed by atoms with Gasteiger partial charge in [-0.1, -0.05) is 18.2 Å². The van der Waals surface area contributed by atoms with Gasteiger partial charge in [0, 0.05) is 0 Å². The highest BCUT2D eigenvalue weighted by atomic mass is 32.2. The summed E-state index contributed by atoms with van der Waals surface area (Å²) in [4.78, 5) is 0.218. The van der Waals surface area contributed by atoms with E-state index in [0.717, 1.165) is 0 Å². The number of nitrogens with one attached hydrogen (secondary N) is 1. The molecule has 0 aliphatic heterocycles. The fourth-order valence-corrected chi connectivity index (χ4v) is 1.45. The fraction of sp³-hybridized carbons (Fsp3) is 0.143. The minimum atomic E-state index is -3.33. The molecule has 1 N–H and O–H groups in total. The van der Waals surface area contributed by atoms with E-state index in [1.54, 1.807) is 18.2 Å². The topological polar surface area (TPSA) is 57.9 Å². The van der Waals surface area contributed by atoms with Crippen LogP contribution in [0, 0.1) is 0 Å². The zero-order valence-electron chi connectivity index (χ0n) is 5.82. The van der Waals surface area contributed by atoms with Crippen LogP contribution in [0.25, 0.3) is 0 Å². The van der Waals surface area contributed by atoms with Gasteiger partial charge in [-0.25, -0.2) is 14.2 Å². The summed E-state index contributed by atoms with van der Waals surface area (Å²) in [5.74, 6) is -0.586. The van der Waals surface area contributed by atoms with Crippen molar-refractivity contribution in [2.45, 2.75) is 4.90 Å². The van der Waals surface area contributed by atoms with E-state index in [9.17, 15) is 8.42 Å². The van der Waals surface area contributed by atoms with Crippen molar-refractivity contribution in [1.82, 2.24) is 5.73 Å². The lowest BCUT2D eigenvalue weighted by molar-refractivity contribution is 0.595. The van der Waals surface area contributed by atoms with E-state index in [0.29, 0.717) is 0 Å². The Kier molecular flexibility index (Phi) is 2.26. The first-order chi connectivity index (χ1) is 5.17. The van der Waals surface area contributed by atoms with Gasteiger partial charge in [-0.05, 0) is 12.1 Å². The predicted octanol–water partition coefficient (Wildman–Crippen LogP) is 0.701. The Bertz CT molecular complexity index is 318. The molecule has 4 heteroatoms. The molecule has 1 radical (unpaired) electrons. The number of benzene rings is 1. The Labute approximate surface area is 65.8 Å². The van der Waals surface area contributed by atoms with Crippen LogP contribution in [-0.4, -0.2) is 14.3 Å². The Morgan fingerprint density at radius 2 is 1.73 bits per heavy atom. The molecule has 0 aliphatic carbocycles. The summed E-state index contributed by atoms with van der Waals surface area (Å²) in [6.45, 7) is 0. The minimum Gasteiger partial charge on any atom is -0.241 e. The second kappa shape index (κ2) is 3.02. The molecule has 0 aromatic heterocycles. The molecule has 1 aromatic carbocycles. The summed E-state index contributed by atoms with van der Waals surface area (Å²) in [5.41, 5.74) is 6.75. The van der Waals surface area contributed by atoms with Crippen LogP contribution in [-0.2, 0) is 9.84 Å². The third-order valence-corrected chi connectivity index (χ3v) is 2.66. The van der Waals surface area contributed by atoms with Gasteiger partial charge in [-0.3, -0.25) is 0 Å². The first kappa shape index (κ1) is 8.23. The molecule has 0 heterocycles. The van der Waals surface area contributed by atoms with Gasteiger partial charge in [0.25, 0.3) is 0 Å². The largest absolute Gasteiger partial charge is 0.241 e. The number of rotatable bonds is 2. The molecule has 0 bridgehead atoms. The van der Waals surface area contributed by atoms with Gasteiger partial charge in [0.05, 0.1) is 4.90 Å². The van der Waals surface area contributed by atoms with Crippen LogP contribution in [0.3, 0.4) is 0 Å². The van der Waals surface area contributed by atoms with Crippen LogP contribution in [0.4, 0.5) is 0 Å². The highest BCUT2D eigenvalue weighted by molar-refractivity contribution is 7.91. The Morgan fingerprint density at radius 3 is 2.18 bits per heavy atom. The van der Waals surface area contributed by atoms with Gasteiger partial charge in [-0.2, -0.15) is 0 Å². The van der Waals surface area contributed by atoms with Gasteiger partial charge < -0.3 is 0 Å². The lowest BCUT2D eigenvalue weighted by Gasteiger charge is -1.97. The highest BCUT2D eigenvalue weighted by Crippen LogP contribution is 2.07. The molecule has 0 unspecified atom stereocenters. The quantitative estimate of drug-likeness (QED) is 0.656. The van der Waals surface area contributed by atoms with Crippen molar-refractivity contribution >= 4 is 9.84 Å². The Balaban J connectivity index is 3.14. The van der Waals surface area contributed by atoms with E-state index in [1.165, 1.54) is 12.1 Å². The van der Waals surface area contributed by atoms with Gasteiger partial charge in [0.15, 0.2) is 9.84 Å². The second-order valence-electron chi connectivity index (χ2n) is 2.07. The zero-order chi connectivity index (χ0) is 8.32. The van der Waals surface area contributed by atoms with Gasteiger partial charge >= 0.3 is 0 Å². The molecule has 11 heavy (non-hydrogen) atoms. The van der Waals surface area contributed by atoms with Crippen LogP contribution in [0.1, 0.15) is 0 Å². The molecular weight excluding hydrogens is 162 g/mol. The molecule has 0 aliphatic rings. The number of hydrogen-bond acceptors (Lipinski definition) is 2. The first-order valence-electron chi connectivity index (χ1n) is 3.09. The highest BCUT2D eigenvalue weighted by Gasteiger charge is 2.09. The van der Waals surface area contributed by atoms with E-state index in [-0.39, 0.29) is 4.90 Å². The maximum Gasteiger partial charge on any atom is 0.192 e. The third kappa shape index (κ3) is 1.78. The summed E-state index contributed by atoms with van der Waals surface area (Å²) in [7, 11) is -3.33. The second-order valence-corrected chi connectivity index (χ2v) is 4.06. The molecule has 1 aromatic rings.